The molecule has 0 radical (unpaired) electrons. The highest BCUT2D eigenvalue weighted by molar-refractivity contribution is 6.30. The van der Waals surface area contributed by atoms with Crippen LogP contribution in [0.4, 0.5) is 16.2 Å². The maximum Gasteiger partial charge on any atom is 0.411 e. The Morgan fingerprint density at radius 3 is 2.19 bits per heavy atom. The van der Waals surface area contributed by atoms with Crippen LogP contribution in [0.5, 0.6) is 0 Å². The van der Waals surface area contributed by atoms with E-state index in [0.29, 0.717) is 0 Å². The lowest BCUT2D eigenvalue weighted by molar-refractivity contribution is 0.187. The van der Waals surface area contributed by atoms with Crippen molar-refractivity contribution in [2.24, 2.45) is 0 Å². The Labute approximate surface area is 194 Å². The molecule has 0 spiro atoms. The summed E-state index contributed by atoms with van der Waals surface area (Å²) >= 11 is 6.34. The molecule has 5 rings (SSSR count). The average Bonchev–Trinajstić information content (AvgIpc) is 2.79. The third kappa shape index (κ3) is 3.84. The van der Waals surface area contributed by atoms with E-state index in [2.05, 4.69) is 65.7 Å². The minimum Gasteiger partial charge on any atom is -0.453 e. The highest BCUT2D eigenvalue weighted by Gasteiger charge is 2.35. The number of ether oxygens (including phenoxy) is 1. The van der Waals surface area contributed by atoms with Crippen molar-refractivity contribution in [3.05, 3.63) is 93.5 Å². The molecule has 0 unspecified atom stereocenters. The zero-order valence-electron chi connectivity index (χ0n) is 18.4. The van der Waals surface area contributed by atoms with E-state index in [1.807, 2.05) is 12.1 Å². The first-order valence-corrected chi connectivity index (χ1v) is 11.5. The molecule has 1 N–H and O–H groups in total. The van der Waals surface area contributed by atoms with Crippen molar-refractivity contribution >= 4 is 29.1 Å². The summed E-state index contributed by atoms with van der Waals surface area (Å²) in [5.74, 6) is 0.520. The van der Waals surface area contributed by atoms with E-state index in [9.17, 15) is 4.79 Å². The van der Waals surface area contributed by atoms with Crippen molar-refractivity contribution in [3.8, 4) is 0 Å². The molecule has 3 aromatic carbocycles. The minimum absolute atomic E-state index is 0.231. The fourth-order valence-electron chi connectivity index (χ4n) is 5.34. The van der Waals surface area contributed by atoms with Gasteiger partial charge in [-0.25, -0.2) is 4.79 Å². The average molecular weight is 447 g/mol. The lowest BCUT2D eigenvalue weighted by Gasteiger charge is -2.43. The second kappa shape index (κ2) is 8.51. The molecule has 0 aliphatic carbocycles. The summed E-state index contributed by atoms with van der Waals surface area (Å²) in [5, 5.41) is 3.67. The van der Waals surface area contributed by atoms with E-state index >= 15 is 0 Å². The minimum atomic E-state index is -0.452. The summed E-state index contributed by atoms with van der Waals surface area (Å²) in [4.78, 5) is 14.6. The first-order valence-electron chi connectivity index (χ1n) is 11.1. The second-order valence-corrected chi connectivity index (χ2v) is 9.20. The van der Waals surface area contributed by atoms with Gasteiger partial charge in [0.15, 0.2) is 0 Å². The van der Waals surface area contributed by atoms with Gasteiger partial charge in [0.1, 0.15) is 0 Å². The third-order valence-electron chi connectivity index (χ3n) is 6.74. The van der Waals surface area contributed by atoms with Crippen LogP contribution >= 0.6 is 11.6 Å². The number of nitrogens with one attached hydrogen (secondary N) is 1. The van der Waals surface area contributed by atoms with Gasteiger partial charge in [0.2, 0.25) is 0 Å². The normalized spacial score (nSPS) is 19.3. The smallest absolute Gasteiger partial charge is 0.411 e. The number of rotatable bonds is 3. The maximum absolute atomic E-state index is 12.1. The molecule has 4 nitrogen and oxygen atoms in total. The topological polar surface area (TPSA) is 41.6 Å². The van der Waals surface area contributed by atoms with E-state index in [1.165, 1.54) is 40.6 Å². The van der Waals surface area contributed by atoms with Crippen LogP contribution in [0.1, 0.15) is 52.5 Å². The number of aryl methyl sites for hydroxylation is 1. The molecule has 2 atom stereocenters. The Morgan fingerprint density at radius 1 is 0.969 bits per heavy atom. The standard InChI is InChI=1S/C27H27ClN2O2/c1-17-5-3-6-18(13-17)22-9-11-30-12-10-23(19-7-4-8-20(28)14-19)25-16-21(29-27(31)32-2)15-24(22)26(25)30/h3-8,13-16,22-23H,9-12H2,1-2H3,(H,29,31)/t22-,23-/m0/s1. The SMILES string of the molecule is COC(=O)Nc1cc2c3c(c1)[C@H](c1cccc(Cl)c1)CCN3CC[C@H]2c1cccc(C)c1. The summed E-state index contributed by atoms with van der Waals surface area (Å²) in [6.07, 6.45) is 1.62. The van der Waals surface area contributed by atoms with Crippen molar-refractivity contribution in [3.63, 3.8) is 0 Å². The van der Waals surface area contributed by atoms with E-state index in [1.54, 1.807) is 0 Å². The first kappa shape index (κ1) is 20.9. The van der Waals surface area contributed by atoms with Gasteiger partial charge in [-0.3, -0.25) is 5.32 Å². The summed E-state index contributed by atoms with van der Waals surface area (Å²) in [6.45, 7) is 4.19. The molecule has 0 saturated heterocycles. The van der Waals surface area contributed by atoms with Gasteiger partial charge in [-0.1, -0.05) is 53.6 Å². The number of carbonyl (C=O) groups excluding carboxylic acids is 1. The van der Waals surface area contributed by atoms with Crippen LogP contribution in [-0.2, 0) is 4.74 Å². The van der Waals surface area contributed by atoms with Crippen LogP contribution in [0.2, 0.25) is 5.02 Å². The molecule has 0 fully saturated rings. The Bertz CT molecular complexity index is 1100. The summed E-state index contributed by atoms with van der Waals surface area (Å²) < 4.78 is 4.88. The number of methoxy groups -OCH3 is 1. The molecule has 3 aromatic rings. The van der Waals surface area contributed by atoms with Crippen LogP contribution in [-0.4, -0.2) is 26.3 Å². The number of nitrogens with zero attached hydrogens (tertiary/aromatic N) is 1. The van der Waals surface area contributed by atoms with Crippen LogP contribution in [0, 0.1) is 6.92 Å². The highest BCUT2D eigenvalue weighted by atomic mass is 35.5. The van der Waals surface area contributed by atoms with Crippen molar-refractivity contribution in [1.29, 1.82) is 0 Å². The number of anilines is 2. The predicted molar refractivity (Wildman–Crippen MR) is 130 cm³/mol. The number of amides is 1. The molecule has 0 bridgehead atoms. The quantitative estimate of drug-likeness (QED) is 0.486. The van der Waals surface area contributed by atoms with Crippen LogP contribution in [0.3, 0.4) is 0 Å². The molecule has 2 heterocycles. The molecule has 164 valence electrons. The van der Waals surface area contributed by atoms with Crippen molar-refractivity contribution in [2.45, 2.75) is 31.6 Å². The lowest BCUT2D eigenvalue weighted by Crippen LogP contribution is -2.37. The van der Waals surface area contributed by atoms with Crippen LogP contribution in [0.25, 0.3) is 0 Å². The van der Waals surface area contributed by atoms with Crippen LogP contribution in [0.15, 0.2) is 60.7 Å². The number of carbonyl (C=O) groups is 1. The maximum atomic E-state index is 12.1. The Balaban J connectivity index is 1.68. The van der Waals surface area contributed by atoms with Gasteiger partial charge in [0, 0.05) is 41.3 Å². The van der Waals surface area contributed by atoms with E-state index in [4.69, 9.17) is 16.3 Å². The number of benzene rings is 3. The predicted octanol–water partition coefficient (Wildman–Crippen LogP) is 6.70. The van der Waals surface area contributed by atoms with E-state index < -0.39 is 6.09 Å². The second-order valence-electron chi connectivity index (χ2n) is 8.76. The monoisotopic (exact) mass is 446 g/mol. The zero-order chi connectivity index (χ0) is 22.2. The van der Waals surface area contributed by atoms with Gasteiger partial charge in [0.05, 0.1) is 7.11 Å². The molecule has 2 aliphatic heterocycles. The number of hydrogen-bond acceptors (Lipinski definition) is 3. The molecule has 2 aliphatic rings. The molecule has 0 aromatic heterocycles. The third-order valence-corrected chi connectivity index (χ3v) is 6.97. The summed E-state index contributed by atoms with van der Waals surface area (Å²) in [6, 6.07) is 21.2. The van der Waals surface area contributed by atoms with Gasteiger partial charge >= 0.3 is 6.09 Å². The van der Waals surface area contributed by atoms with E-state index in [-0.39, 0.29) is 11.8 Å². The molecule has 32 heavy (non-hydrogen) atoms. The van der Waals surface area contributed by atoms with Crippen molar-refractivity contribution in [1.82, 2.24) is 0 Å². The lowest BCUT2D eigenvalue weighted by atomic mass is 9.76. The largest absolute Gasteiger partial charge is 0.453 e. The fourth-order valence-corrected chi connectivity index (χ4v) is 5.54. The Hall–Kier alpha value is -2.98. The Kier molecular flexibility index (Phi) is 5.56. The van der Waals surface area contributed by atoms with Gasteiger partial charge in [-0.15, -0.1) is 0 Å². The van der Waals surface area contributed by atoms with Gasteiger partial charge < -0.3 is 9.64 Å². The summed E-state index contributed by atoms with van der Waals surface area (Å²) in [5.41, 5.74) is 8.42. The highest BCUT2D eigenvalue weighted by Crippen LogP contribution is 2.49. The van der Waals surface area contributed by atoms with Gasteiger partial charge in [0.25, 0.3) is 0 Å². The molecular formula is C27H27ClN2O2. The van der Waals surface area contributed by atoms with Gasteiger partial charge in [-0.05, 0) is 66.3 Å². The van der Waals surface area contributed by atoms with E-state index in [0.717, 1.165) is 36.6 Å². The van der Waals surface area contributed by atoms with Crippen molar-refractivity contribution < 1.29 is 9.53 Å². The molecular weight excluding hydrogens is 420 g/mol. The fraction of sp³-hybridized carbons (Fsp3) is 0.296. The number of hydrogen-bond donors (Lipinski definition) is 1. The van der Waals surface area contributed by atoms with Crippen LogP contribution < -0.4 is 10.2 Å². The summed E-state index contributed by atoms with van der Waals surface area (Å²) in [7, 11) is 1.39. The van der Waals surface area contributed by atoms with Gasteiger partial charge in [-0.2, -0.15) is 0 Å². The van der Waals surface area contributed by atoms with Crippen molar-refractivity contribution in [2.75, 3.05) is 30.4 Å². The molecule has 5 heteroatoms. The Morgan fingerprint density at radius 2 is 1.59 bits per heavy atom. The zero-order valence-corrected chi connectivity index (χ0v) is 19.2. The number of halogens is 1. The molecule has 1 amide bonds. The first-order chi connectivity index (χ1) is 15.5. The molecule has 0 saturated carbocycles.